The van der Waals surface area contributed by atoms with Crippen molar-refractivity contribution in [3.05, 3.63) is 34.9 Å². The Labute approximate surface area is 109 Å². The van der Waals surface area contributed by atoms with Crippen LogP contribution in [0.3, 0.4) is 0 Å². The first-order valence-corrected chi connectivity index (χ1v) is 6.84. The zero-order valence-electron chi connectivity index (χ0n) is 9.44. The van der Waals surface area contributed by atoms with Gasteiger partial charge in [0, 0.05) is 16.3 Å². The molecule has 1 aromatic rings. The van der Waals surface area contributed by atoms with Crippen LogP contribution < -0.4 is 0 Å². The van der Waals surface area contributed by atoms with Crippen LogP contribution in [0.4, 0.5) is 0 Å². The van der Waals surface area contributed by atoms with Gasteiger partial charge in [-0.25, -0.2) is 0 Å². The van der Waals surface area contributed by atoms with Crippen molar-refractivity contribution in [3.63, 3.8) is 0 Å². The number of rotatable bonds is 6. The molecule has 0 N–H and O–H groups in total. The van der Waals surface area contributed by atoms with E-state index in [-0.39, 0.29) is 12.2 Å². The molecule has 3 nitrogen and oxygen atoms in total. The quantitative estimate of drug-likeness (QED) is 0.346. The van der Waals surface area contributed by atoms with Crippen LogP contribution in [-0.2, 0) is 9.53 Å². The van der Waals surface area contributed by atoms with Crippen molar-refractivity contribution in [2.24, 2.45) is 0 Å². The molecule has 0 atom stereocenters. The van der Waals surface area contributed by atoms with Gasteiger partial charge >= 0.3 is 5.97 Å². The monoisotopic (exact) mass is 272 g/mol. The summed E-state index contributed by atoms with van der Waals surface area (Å²) in [4.78, 5) is 22.9. The second-order valence-electron chi connectivity index (χ2n) is 3.32. The fourth-order valence-corrected chi connectivity index (χ4v) is 1.53. The highest BCUT2D eigenvalue weighted by Gasteiger charge is 2.12. The molecule has 0 saturated heterocycles. The van der Waals surface area contributed by atoms with Crippen molar-refractivity contribution in [2.45, 2.75) is 6.42 Å². The lowest BCUT2D eigenvalue weighted by Crippen LogP contribution is -2.13. The summed E-state index contributed by atoms with van der Waals surface area (Å²) < 4.78 is 4.89. The molecule has 0 saturated carbocycles. The fraction of sp³-hybridized carbons (Fsp3) is 0.333. The first-order valence-electron chi connectivity index (χ1n) is 5.07. The van der Waals surface area contributed by atoms with E-state index < -0.39 is 5.97 Å². The molecular formula is C12H13ClO3S. The molecule has 0 aromatic heterocycles. The average Bonchev–Trinajstić information content (AvgIpc) is 2.30. The van der Waals surface area contributed by atoms with E-state index in [1.165, 1.54) is 0 Å². The van der Waals surface area contributed by atoms with Gasteiger partial charge in [-0.1, -0.05) is 11.6 Å². The van der Waals surface area contributed by atoms with Crippen molar-refractivity contribution in [3.8, 4) is 0 Å². The van der Waals surface area contributed by atoms with Gasteiger partial charge in [0.1, 0.15) is 13.0 Å². The van der Waals surface area contributed by atoms with Gasteiger partial charge in [0.15, 0.2) is 5.78 Å². The molecule has 0 amide bonds. The van der Waals surface area contributed by atoms with Gasteiger partial charge in [0.05, 0.1) is 0 Å². The first kappa shape index (κ1) is 14.1. The maximum atomic E-state index is 11.6. The van der Waals surface area contributed by atoms with E-state index in [9.17, 15) is 9.59 Å². The minimum atomic E-state index is -0.487. The zero-order valence-corrected chi connectivity index (χ0v) is 11.0. The third kappa shape index (κ3) is 5.24. The normalized spacial score (nSPS) is 10.0. The van der Waals surface area contributed by atoms with E-state index >= 15 is 0 Å². The topological polar surface area (TPSA) is 43.4 Å². The first-order chi connectivity index (χ1) is 8.13. The molecule has 0 spiro atoms. The van der Waals surface area contributed by atoms with Gasteiger partial charge in [0.25, 0.3) is 0 Å². The van der Waals surface area contributed by atoms with Crippen LogP contribution in [0.1, 0.15) is 16.8 Å². The number of benzene rings is 1. The van der Waals surface area contributed by atoms with E-state index in [4.69, 9.17) is 16.3 Å². The Morgan fingerprint density at radius 3 is 2.53 bits per heavy atom. The van der Waals surface area contributed by atoms with Crippen LogP contribution in [0, 0.1) is 0 Å². The number of halogens is 1. The summed E-state index contributed by atoms with van der Waals surface area (Å²) in [5.74, 6) is -0.00393. The number of thioether (sulfide) groups is 1. The third-order valence-corrected chi connectivity index (χ3v) is 2.85. The Morgan fingerprint density at radius 2 is 1.94 bits per heavy atom. The van der Waals surface area contributed by atoms with Gasteiger partial charge in [-0.05, 0) is 30.5 Å². The molecular weight excluding hydrogens is 260 g/mol. The molecule has 1 rings (SSSR count). The summed E-state index contributed by atoms with van der Waals surface area (Å²) in [5.41, 5.74) is 0.469. The molecule has 0 aliphatic carbocycles. The molecule has 0 unspecified atom stereocenters. The van der Waals surface area contributed by atoms with Crippen molar-refractivity contribution >= 4 is 35.1 Å². The number of Topliss-reactive ketones (excluding diaryl/α,β-unsaturated/α-hetero) is 1. The lowest BCUT2D eigenvalue weighted by molar-refractivity contribution is -0.141. The van der Waals surface area contributed by atoms with Crippen molar-refractivity contribution in [2.75, 3.05) is 18.6 Å². The molecule has 17 heavy (non-hydrogen) atoms. The maximum Gasteiger partial charge on any atom is 0.313 e. The Bertz CT molecular complexity index is 389. The Hall–Kier alpha value is -1.00. The molecule has 0 fully saturated rings. The van der Waals surface area contributed by atoms with Gasteiger partial charge in [0.2, 0.25) is 0 Å². The zero-order chi connectivity index (χ0) is 12.7. The number of hydrogen-bond donors (Lipinski definition) is 0. The molecule has 1 aromatic carbocycles. The van der Waals surface area contributed by atoms with Crippen LogP contribution in [-0.4, -0.2) is 30.4 Å². The Balaban J connectivity index is 2.43. The van der Waals surface area contributed by atoms with Gasteiger partial charge in [-0.15, -0.1) is 0 Å². The van der Waals surface area contributed by atoms with Gasteiger partial charge in [-0.3, -0.25) is 9.59 Å². The van der Waals surface area contributed by atoms with Crippen LogP contribution in [0.5, 0.6) is 0 Å². The van der Waals surface area contributed by atoms with Crippen LogP contribution in [0.25, 0.3) is 0 Å². The lowest BCUT2D eigenvalue weighted by atomic mass is 10.1. The number of hydrogen-bond acceptors (Lipinski definition) is 4. The molecule has 0 aliphatic heterocycles. The molecule has 92 valence electrons. The van der Waals surface area contributed by atoms with E-state index in [1.807, 2.05) is 6.26 Å². The highest BCUT2D eigenvalue weighted by molar-refractivity contribution is 7.98. The summed E-state index contributed by atoms with van der Waals surface area (Å²) in [6.07, 6.45) is 1.70. The fourth-order valence-electron chi connectivity index (χ4n) is 1.16. The second kappa shape index (κ2) is 7.35. The number of ether oxygens (including phenoxy) is 1. The molecule has 0 heterocycles. The smallest absolute Gasteiger partial charge is 0.313 e. The summed E-state index contributed by atoms with van der Waals surface area (Å²) >= 11 is 7.28. The summed E-state index contributed by atoms with van der Waals surface area (Å²) in [7, 11) is 0. The standard InChI is InChI=1S/C12H13ClO3S/c1-17-7-6-16-12(15)8-11(14)9-2-4-10(13)5-3-9/h2-5H,6-8H2,1H3. The number of carbonyl (C=O) groups is 2. The predicted molar refractivity (Wildman–Crippen MR) is 69.7 cm³/mol. The highest BCUT2D eigenvalue weighted by Crippen LogP contribution is 2.11. The lowest BCUT2D eigenvalue weighted by Gasteiger charge is -2.03. The van der Waals surface area contributed by atoms with Crippen molar-refractivity contribution in [1.29, 1.82) is 0 Å². The highest BCUT2D eigenvalue weighted by atomic mass is 35.5. The minimum absolute atomic E-state index is 0.226. The van der Waals surface area contributed by atoms with E-state index in [0.717, 1.165) is 5.75 Å². The van der Waals surface area contributed by atoms with E-state index in [2.05, 4.69) is 0 Å². The number of carbonyl (C=O) groups excluding carboxylic acids is 2. The summed E-state index contributed by atoms with van der Waals surface area (Å²) in [6, 6.07) is 6.43. The Kier molecular flexibility index (Phi) is 6.08. The second-order valence-corrected chi connectivity index (χ2v) is 4.74. The van der Waals surface area contributed by atoms with Crippen LogP contribution in [0.2, 0.25) is 5.02 Å². The third-order valence-electron chi connectivity index (χ3n) is 2.02. The summed E-state index contributed by atoms with van der Waals surface area (Å²) in [6.45, 7) is 0.341. The molecule has 5 heteroatoms. The number of ketones is 1. The average molecular weight is 273 g/mol. The molecule has 0 aliphatic rings. The van der Waals surface area contributed by atoms with Gasteiger partial charge < -0.3 is 4.74 Å². The maximum absolute atomic E-state index is 11.6. The predicted octanol–water partition coefficient (Wildman–Crippen LogP) is 2.82. The number of esters is 1. The van der Waals surface area contributed by atoms with Gasteiger partial charge in [-0.2, -0.15) is 11.8 Å². The summed E-state index contributed by atoms with van der Waals surface area (Å²) in [5, 5.41) is 0.559. The van der Waals surface area contributed by atoms with Crippen LogP contribution >= 0.6 is 23.4 Å². The SMILES string of the molecule is CSCCOC(=O)CC(=O)c1ccc(Cl)cc1. The largest absolute Gasteiger partial charge is 0.464 e. The minimum Gasteiger partial charge on any atom is -0.464 e. The van der Waals surface area contributed by atoms with E-state index in [1.54, 1.807) is 36.0 Å². The molecule has 0 radical (unpaired) electrons. The van der Waals surface area contributed by atoms with E-state index in [0.29, 0.717) is 17.2 Å². The molecule has 0 bridgehead atoms. The van der Waals surface area contributed by atoms with Crippen molar-refractivity contribution in [1.82, 2.24) is 0 Å². The van der Waals surface area contributed by atoms with Crippen molar-refractivity contribution < 1.29 is 14.3 Å². The Morgan fingerprint density at radius 1 is 1.29 bits per heavy atom. The van der Waals surface area contributed by atoms with Crippen LogP contribution in [0.15, 0.2) is 24.3 Å².